The molecule has 0 saturated carbocycles. The summed E-state index contributed by atoms with van der Waals surface area (Å²) < 4.78 is 16.5. The molecule has 0 aliphatic carbocycles. The number of thiol groups is 1. The largest absolute Gasteiger partial charge is 0.388 e. The van der Waals surface area contributed by atoms with Crippen molar-refractivity contribution in [3.8, 4) is 0 Å². The predicted octanol–water partition coefficient (Wildman–Crippen LogP) is -0.782. The van der Waals surface area contributed by atoms with Crippen molar-refractivity contribution in [2.24, 2.45) is 0 Å². The zero-order valence-electron chi connectivity index (χ0n) is 11.7. The van der Waals surface area contributed by atoms with E-state index in [4.69, 9.17) is 14.5 Å². The van der Waals surface area contributed by atoms with E-state index in [0.29, 0.717) is 0 Å². The molecule has 6 atom stereocenters. The van der Waals surface area contributed by atoms with Crippen molar-refractivity contribution in [3.63, 3.8) is 0 Å². The summed E-state index contributed by atoms with van der Waals surface area (Å²) in [5, 5.41) is 29.6. The molecule has 1 saturated heterocycles. The van der Waals surface area contributed by atoms with Crippen LogP contribution in [0.3, 0.4) is 0 Å². The van der Waals surface area contributed by atoms with Crippen molar-refractivity contribution >= 4 is 30.1 Å². The van der Waals surface area contributed by atoms with Crippen LogP contribution in [0.4, 0.5) is 0 Å². The lowest BCUT2D eigenvalue weighted by molar-refractivity contribution is -0.257. The van der Waals surface area contributed by atoms with Gasteiger partial charge >= 0.3 is 7.60 Å². The Labute approximate surface area is 132 Å². The average Bonchev–Trinajstić information content (AvgIpc) is 2.41. The normalized spacial score (nSPS) is 36.0. The fraction of sp³-hybridized carbons (Fsp3) is 1.00. The smallest absolute Gasteiger partial charge is 0.325 e. The van der Waals surface area contributed by atoms with Crippen LogP contribution in [0.2, 0.25) is 0 Å². The van der Waals surface area contributed by atoms with Gasteiger partial charge in [-0.05, 0) is 20.4 Å². The van der Waals surface area contributed by atoms with Gasteiger partial charge in [-0.25, -0.2) is 0 Å². The van der Waals surface area contributed by atoms with E-state index in [9.17, 15) is 19.9 Å². The molecule has 0 radical (unpaired) electrons. The molecular formula is C10H22NO7PS2. The monoisotopic (exact) mass is 363 g/mol. The van der Waals surface area contributed by atoms with Crippen molar-refractivity contribution in [1.82, 2.24) is 4.90 Å². The third-order valence-electron chi connectivity index (χ3n) is 3.52. The maximum absolute atomic E-state index is 10.9. The summed E-state index contributed by atoms with van der Waals surface area (Å²) >= 11 is 4.07. The Morgan fingerprint density at radius 1 is 1.29 bits per heavy atom. The topological polar surface area (TPSA) is 131 Å². The van der Waals surface area contributed by atoms with Gasteiger partial charge in [0.05, 0.1) is 17.6 Å². The number of rotatable bonds is 6. The van der Waals surface area contributed by atoms with Gasteiger partial charge in [-0.3, -0.25) is 9.46 Å². The molecule has 1 fully saturated rings. The highest BCUT2D eigenvalue weighted by atomic mass is 33.1. The molecule has 0 aromatic heterocycles. The van der Waals surface area contributed by atoms with E-state index in [2.05, 4.69) is 11.7 Å². The van der Waals surface area contributed by atoms with Gasteiger partial charge in [0.1, 0.15) is 24.5 Å². The van der Waals surface area contributed by atoms with Crippen LogP contribution in [-0.4, -0.2) is 79.2 Å². The standard InChI is InChI=1S/C10H22NO7PS2/c1-5(21-20)11(2)10-9(14)8(13)7(12)6(18-10)3-4-19(15,16)17/h5-10,12-14,20H,3-4H2,1-2H3,(H2,15,16,17)/t5?,6-,7-,8+,9+,10?/m1/s1. The highest BCUT2D eigenvalue weighted by Crippen LogP contribution is 2.37. The molecule has 0 bridgehead atoms. The molecule has 0 aromatic carbocycles. The molecule has 0 spiro atoms. The van der Waals surface area contributed by atoms with E-state index in [1.807, 2.05) is 6.92 Å². The highest BCUT2D eigenvalue weighted by molar-refractivity contribution is 8.68. The minimum absolute atomic E-state index is 0.123. The van der Waals surface area contributed by atoms with Crippen molar-refractivity contribution in [2.75, 3.05) is 13.2 Å². The number of hydrogen-bond acceptors (Lipinski definition) is 8. The lowest BCUT2D eigenvalue weighted by atomic mass is 9.96. The third-order valence-corrected chi connectivity index (χ3v) is 5.91. The van der Waals surface area contributed by atoms with Gasteiger partial charge < -0.3 is 29.8 Å². The van der Waals surface area contributed by atoms with Crippen LogP contribution in [0.1, 0.15) is 13.3 Å². The Balaban J connectivity index is 2.80. The van der Waals surface area contributed by atoms with Gasteiger partial charge in [-0.1, -0.05) is 10.8 Å². The van der Waals surface area contributed by atoms with Gasteiger partial charge in [-0.15, -0.1) is 11.7 Å². The fourth-order valence-electron chi connectivity index (χ4n) is 2.08. The fourth-order valence-corrected chi connectivity index (χ4v) is 3.39. The SMILES string of the molecule is CC(SS)N(C)C1O[C@H](CCP(=O)(O)O)[C@@H](O)[C@H](O)[C@@H]1O. The van der Waals surface area contributed by atoms with Crippen molar-refractivity contribution in [2.45, 2.75) is 49.4 Å². The Hall–Kier alpha value is 0.650. The minimum atomic E-state index is -4.23. The first-order chi connectivity index (χ1) is 9.58. The van der Waals surface area contributed by atoms with Crippen molar-refractivity contribution in [1.29, 1.82) is 0 Å². The predicted molar refractivity (Wildman–Crippen MR) is 82.0 cm³/mol. The lowest BCUT2D eigenvalue weighted by Crippen LogP contribution is -2.62. The van der Waals surface area contributed by atoms with Crippen LogP contribution in [0.15, 0.2) is 0 Å². The van der Waals surface area contributed by atoms with Gasteiger partial charge in [0.25, 0.3) is 0 Å². The second-order valence-corrected chi connectivity index (χ2v) is 8.39. The van der Waals surface area contributed by atoms with E-state index in [-0.39, 0.29) is 11.8 Å². The van der Waals surface area contributed by atoms with Gasteiger partial charge in [0.15, 0.2) is 0 Å². The molecule has 21 heavy (non-hydrogen) atoms. The zero-order valence-corrected chi connectivity index (χ0v) is 14.3. The van der Waals surface area contributed by atoms with Crippen LogP contribution in [0.25, 0.3) is 0 Å². The number of aliphatic hydroxyl groups excluding tert-OH is 3. The quantitative estimate of drug-likeness (QED) is 0.156. The van der Waals surface area contributed by atoms with E-state index >= 15 is 0 Å². The first-order valence-electron chi connectivity index (χ1n) is 6.35. The van der Waals surface area contributed by atoms with Gasteiger partial charge in [-0.2, -0.15) is 0 Å². The molecule has 1 rings (SSSR count). The molecule has 11 heteroatoms. The Bertz CT molecular complexity index is 380. The summed E-state index contributed by atoms with van der Waals surface area (Å²) in [6.45, 7) is 1.82. The summed E-state index contributed by atoms with van der Waals surface area (Å²) in [7, 11) is -1.36. The maximum atomic E-state index is 10.9. The van der Waals surface area contributed by atoms with Crippen molar-refractivity contribution in [3.05, 3.63) is 0 Å². The first-order valence-corrected chi connectivity index (χ1v) is 10.1. The van der Waals surface area contributed by atoms with Crippen LogP contribution in [0, 0.1) is 0 Å². The number of likely N-dealkylation sites (N-methyl/N-ethyl adjacent to an activating group) is 1. The molecule has 126 valence electrons. The molecule has 8 nitrogen and oxygen atoms in total. The maximum Gasteiger partial charge on any atom is 0.325 e. The molecule has 0 amide bonds. The van der Waals surface area contributed by atoms with Crippen molar-refractivity contribution < 1.29 is 34.4 Å². The number of aliphatic hydroxyl groups is 3. The minimum Gasteiger partial charge on any atom is -0.388 e. The molecule has 1 aliphatic heterocycles. The Kier molecular flexibility index (Phi) is 7.47. The van der Waals surface area contributed by atoms with E-state index < -0.39 is 44.4 Å². The van der Waals surface area contributed by atoms with Crippen LogP contribution < -0.4 is 0 Å². The van der Waals surface area contributed by atoms with E-state index in [1.54, 1.807) is 11.9 Å². The van der Waals surface area contributed by atoms with Gasteiger partial charge in [0, 0.05) is 0 Å². The number of ether oxygens (including phenoxy) is 1. The number of hydrogen-bond donors (Lipinski definition) is 6. The zero-order chi connectivity index (χ0) is 16.4. The highest BCUT2D eigenvalue weighted by Gasteiger charge is 2.46. The third kappa shape index (κ3) is 5.35. The molecule has 1 aliphatic rings. The second-order valence-electron chi connectivity index (χ2n) is 5.08. The second kappa shape index (κ2) is 7.96. The Morgan fingerprint density at radius 3 is 2.33 bits per heavy atom. The van der Waals surface area contributed by atoms with E-state index in [1.165, 1.54) is 10.8 Å². The van der Waals surface area contributed by atoms with E-state index in [0.717, 1.165) is 0 Å². The van der Waals surface area contributed by atoms with Gasteiger partial charge in [0.2, 0.25) is 0 Å². The van der Waals surface area contributed by atoms with Crippen LogP contribution in [0.5, 0.6) is 0 Å². The summed E-state index contributed by atoms with van der Waals surface area (Å²) in [4.78, 5) is 19.4. The summed E-state index contributed by atoms with van der Waals surface area (Å²) in [5.74, 6) is 0. The first kappa shape index (κ1) is 19.7. The molecule has 5 N–H and O–H groups in total. The summed E-state index contributed by atoms with van der Waals surface area (Å²) in [5.41, 5.74) is 0. The molecule has 0 aromatic rings. The van der Waals surface area contributed by atoms with Crippen LogP contribution >= 0.6 is 30.1 Å². The lowest BCUT2D eigenvalue weighted by Gasteiger charge is -2.45. The molecule has 1 heterocycles. The molecular weight excluding hydrogens is 341 g/mol. The molecule has 2 unspecified atom stereocenters. The summed E-state index contributed by atoms with van der Waals surface area (Å²) in [6.07, 6.45) is -6.66. The summed E-state index contributed by atoms with van der Waals surface area (Å²) in [6, 6.07) is 0. The Morgan fingerprint density at radius 2 is 1.86 bits per heavy atom. The average molecular weight is 363 g/mol. The van der Waals surface area contributed by atoms with Crippen LogP contribution in [-0.2, 0) is 9.30 Å². The number of nitrogens with zero attached hydrogens (tertiary/aromatic N) is 1.